The molecule has 7 nitrogen and oxygen atoms in total. The van der Waals surface area contributed by atoms with E-state index in [2.05, 4.69) is 9.97 Å². The number of Topliss-reactive ketones (excluding diaryl/α,β-unsaturated/α-hetero) is 1. The maximum Gasteiger partial charge on any atom is 0.253 e. The zero-order valence-electron chi connectivity index (χ0n) is 18.3. The van der Waals surface area contributed by atoms with Crippen LogP contribution in [0.5, 0.6) is 0 Å². The molecule has 1 aromatic heterocycles. The van der Waals surface area contributed by atoms with E-state index in [0.29, 0.717) is 33.0 Å². The number of hydrogen-bond acceptors (Lipinski definition) is 5. The lowest BCUT2D eigenvalue weighted by atomic mass is 9.95. The molecule has 0 fully saturated rings. The van der Waals surface area contributed by atoms with Gasteiger partial charge >= 0.3 is 0 Å². The highest BCUT2D eigenvalue weighted by Gasteiger charge is 2.21. The van der Waals surface area contributed by atoms with E-state index >= 15 is 0 Å². The Labute approximate surface area is 191 Å². The van der Waals surface area contributed by atoms with Crippen LogP contribution in [-0.2, 0) is 4.79 Å². The maximum absolute atomic E-state index is 12.4. The Morgan fingerprint density at radius 3 is 2.31 bits per heavy atom. The smallest absolute Gasteiger partial charge is 0.253 e. The van der Waals surface area contributed by atoms with Gasteiger partial charge in [-0.2, -0.15) is 0 Å². The van der Waals surface area contributed by atoms with Crippen LogP contribution in [0.25, 0.3) is 22.6 Å². The van der Waals surface area contributed by atoms with Crippen LogP contribution in [0.15, 0.2) is 53.3 Å². The molecule has 166 valence electrons. The minimum atomic E-state index is -0.803. The number of amides is 1. The number of benzene rings is 2. The summed E-state index contributed by atoms with van der Waals surface area (Å²) in [5.41, 5.74) is 8.46. The fraction of sp³-hybridized carbons (Fsp3) is 0.250. The Morgan fingerprint density at radius 2 is 1.72 bits per heavy atom. The zero-order valence-corrected chi connectivity index (χ0v) is 19.1. The molecule has 2 aromatic carbocycles. The van der Waals surface area contributed by atoms with Crippen molar-refractivity contribution in [3.05, 3.63) is 75.0 Å². The summed E-state index contributed by atoms with van der Waals surface area (Å²) in [6, 6.07) is 12.4. The Bertz CT molecular complexity index is 1220. The topological polar surface area (TPSA) is 109 Å². The Morgan fingerprint density at radius 1 is 1.06 bits per heavy atom. The molecule has 1 amide bonds. The molecule has 0 aliphatic heterocycles. The van der Waals surface area contributed by atoms with Crippen LogP contribution in [0.3, 0.4) is 0 Å². The molecule has 0 saturated carbocycles. The number of H-pyrrole nitrogens is 1. The van der Waals surface area contributed by atoms with Gasteiger partial charge in [-0.25, -0.2) is 4.98 Å². The van der Waals surface area contributed by atoms with Gasteiger partial charge in [-0.15, -0.1) is 0 Å². The molecule has 3 rings (SSSR count). The van der Waals surface area contributed by atoms with Gasteiger partial charge in [0.2, 0.25) is 0 Å². The molecule has 0 radical (unpaired) electrons. The quantitative estimate of drug-likeness (QED) is 0.592. The summed E-state index contributed by atoms with van der Waals surface area (Å²) >= 11 is 6.38. The van der Waals surface area contributed by atoms with Crippen LogP contribution >= 0.6 is 11.6 Å². The number of ketones is 1. The Balaban J connectivity index is 2.03. The van der Waals surface area contributed by atoms with E-state index in [1.54, 1.807) is 70.4 Å². The van der Waals surface area contributed by atoms with Crippen molar-refractivity contribution in [1.29, 1.82) is 0 Å². The third-order valence-corrected chi connectivity index (χ3v) is 5.39. The molecule has 0 bridgehead atoms. The van der Waals surface area contributed by atoms with Crippen molar-refractivity contribution < 1.29 is 9.59 Å². The minimum absolute atomic E-state index is 0.0964. The summed E-state index contributed by atoms with van der Waals surface area (Å²) in [5, 5.41) is 0.366. The molecule has 1 atom stereocenters. The van der Waals surface area contributed by atoms with Crippen molar-refractivity contribution in [2.45, 2.75) is 19.9 Å². The second-order valence-corrected chi connectivity index (χ2v) is 8.44. The van der Waals surface area contributed by atoms with E-state index in [0.717, 1.165) is 0 Å². The number of nitrogens with two attached hydrogens (primary N) is 1. The van der Waals surface area contributed by atoms with E-state index < -0.39 is 6.04 Å². The largest absolute Gasteiger partial charge is 0.345 e. The number of carbonyl (C=O) groups excluding carboxylic acids is 2. The van der Waals surface area contributed by atoms with Gasteiger partial charge in [0, 0.05) is 42.8 Å². The monoisotopic (exact) mass is 452 g/mol. The number of halogens is 1. The summed E-state index contributed by atoms with van der Waals surface area (Å²) in [5.74, 6) is -0.169. The number of aromatic nitrogens is 2. The maximum atomic E-state index is 12.4. The first-order chi connectivity index (χ1) is 15.1. The van der Waals surface area contributed by atoms with Gasteiger partial charge in [-0.3, -0.25) is 14.4 Å². The second kappa shape index (κ2) is 9.46. The summed E-state index contributed by atoms with van der Waals surface area (Å²) in [6.45, 7) is 3.58. The van der Waals surface area contributed by atoms with Crippen molar-refractivity contribution in [3.8, 4) is 22.6 Å². The van der Waals surface area contributed by atoms with Gasteiger partial charge in [0.25, 0.3) is 11.5 Å². The molecule has 32 heavy (non-hydrogen) atoms. The van der Waals surface area contributed by atoms with Crippen LogP contribution in [-0.4, -0.2) is 40.7 Å². The highest BCUT2D eigenvalue weighted by Crippen LogP contribution is 2.30. The van der Waals surface area contributed by atoms with Crippen molar-refractivity contribution in [2.24, 2.45) is 11.7 Å². The third-order valence-electron chi connectivity index (χ3n) is 5.06. The number of aromatic amines is 1. The van der Waals surface area contributed by atoms with E-state index in [1.165, 1.54) is 11.0 Å². The standard InChI is InChI=1S/C24H25ClN4O3/c1-13(2)22(31)21(26)16-9-10-18(25)17(11-16)23-27-19(12-20(30)28-23)14-5-7-15(8-6-14)24(32)29(3)4/h5-13,21H,26H2,1-4H3,(H,27,28,30). The lowest BCUT2D eigenvalue weighted by molar-refractivity contribution is -0.123. The second-order valence-electron chi connectivity index (χ2n) is 8.03. The fourth-order valence-corrected chi connectivity index (χ4v) is 3.42. The molecular weight excluding hydrogens is 428 g/mol. The van der Waals surface area contributed by atoms with Crippen LogP contribution < -0.4 is 11.3 Å². The van der Waals surface area contributed by atoms with Gasteiger partial charge in [-0.05, 0) is 29.8 Å². The number of rotatable bonds is 6. The minimum Gasteiger partial charge on any atom is -0.345 e. The van der Waals surface area contributed by atoms with Crippen molar-refractivity contribution >= 4 is 23.3 Å². The van der Waals surface area contributed by atoms with E-state index in [9.17, 15) is 14.4 Å². The SMILES string of the molecule is CC(C)C(=O)C(N)c1ccc(Cl)c(-c2nc(-c3ccc(C(=O)N(C)C)cc3)cc(=O)[nH]2)c1. The van der Waals surface area contributed by atoms with Gasteiger partial charge in [0.1, 0.15) is 5.82 Å². The van der Waals surface area contributed by atoms with Gasteiger partial charge in [0.05, 0.1) is 16.8 Å². The summed E-state index contributed by atoms with van der Waals surface area (Å²) in [6.07, 6.45) is 0. The average molecular weight is 453 g/mol. The van der Waals surface area contributed by atoms with Crippen LogP contribution in [0.2, 0.25) is 5.02 Å². The summed E-state index contributed by atoms with van der Waals surface area (Å²) < 4.78 is 0. The van der Waals surface area contributed by atoms with E-state index in [1.807, 2.05) is 0 Å². The number of nitrogens with zero attached hydrogens (tertiary/aromatic N) is 2. The molecular formula is C24H25ClN4O3. The van der Waals surface area contributed by atoms with Gasteiger partial charge in [0.15, 0.2) is 5.78 Å². The molecule has 1 unspecified atom stereocenters. The zero-order chi connectivity index (χ0) is 23.6. The van der Waals surface area contributed by atoms with Gasteiger partial charge < -0.3 is 15.6 Å². The van der Waals surface area contributed by atoms with Crippen molar-refractivity contribution in [3.63, 3.8) is 0 Å². The Kier molecular flexibility index (Phi) is 6.91. The van der Waals surface area contributed by atoms with Crippen molar-refractivity contribution in [1.82, 2.24) is 14.9 Å². The number of hydrogen-bond donors (Lipinski definition) is 2. The first-order valence-corrected chi connectivity index (χ1v) is 10.5. The third kappa shape index (κ3) is 4.95. The molecule has 3 aromatic rings. The molecule has 0 aliphatic carbocycles. The number of nitrogens with one attached hydrogen (secondary N) is 1. The fourth-order valence-electron chi connectivity index (χ4n) is 3.22. The first kappa shape index (κ1) is 23.4. The number of carbonyl (C=O) groups is 2. The summed E-state index contributed by atoms with van der Waals surface area (Å²) in [7, 11) is 3.36. The molecule has 0 saturated heterocycles. The molecule has 1 heterocycles. The summed E-state index contributed by atoms with van der Waals surface area (Å²) in [4.78, 5) is 45.6. The van der Waals surface area contributed by atoms with Crippen LogP contribution in [0, 0.1) is 5.92 Å². The average Bonchev–Trinajstić information content (AvgIpc) is 2.77. The Hall–Kier alpha value is -3.29. The molecule has 8 heteroatoms. The first-order valence-electron chi connectivity index (χ1n) is 10.1. The lowest BCUT2D eigenvalue weighted by Crippen LogP contribution is -2.25. The van der Waals surface area contributed by atoms with Crippen LogP contribution in [0.1, 0.15) is 35.8 Å². The predicted molar refractivity (Wildman–Crippen MR) is 126 cm³/mol. The normalized spacial score (nSPS) is 12.0. The van der Waals surface area contributed by atoms with Crippen LogP contribution in [0.4, 0.5) is 0 Å². The molecule has 0 aliphatic rings. The molecule has 3 N–H and O–H groups in total. The lowest BCUT2D eigenvalue weighted by Gasteiger charge is -2.15. The predicted octanol–water partition coefficient (Wildman–Crippen LogP) is 3.68. The highest BCUT2D eigenvalue weighted by molar-refractivity contribution is 6.33. The van der Waals surface area contributed by atoms with Gasteiger partial charge in [-0.1, -0.05) is 43.6 Å². The van der Waals surface area contributed by atoms with E-state index in [-0.39, 0.29) is 29.0 Å². The highest BCUT2D eigenvalue weighted by atomic mass is 35.5. The molecule has 0 spiro atoms. The van der Waals surface area contributed by atoms with Crippen molar-refractivity contribution in [2.75, 3.05) is 14.1 Å². The van der Waals surface area contributed by atoms with E-state index in [4.69, 9.17) is 17.3 Å².